The lowest BCUT2D eigenvalue weighted by Gasteiger charge is -2.36. The number of fused-ring (bicyclic) bond motifs is 1. The number of rotatable bonds is 3. The van der Waals surface area contributed by atoms with Crippen LogP contribution in [0, 0.1) is 0 Å². The number of hydrogen-bond acceptors (Lipinski definition) is 3. The Morgan fingerprint density at radius 3 is 2.60 bits per heavy atom. The molecule has 0 bridgehead atoms. The fourth-order valence-electron chi connectivity index (χ4n) is 2.97. The van der Waals surface area contributed by atoms with E-state index in [1.54, 1.807) is 6.08 Å². The van der Waals surface area contributed by atoms with Gasteiger partial charge in [0, 0.05) is 50.5 Å². The molecule has 0 saturated carbocycles. The third-order valence-electron chi connectivity index (χ3n) is 4.53. The van der Waals surface area contributed by atoms with Crippen LogP contribution in [0.15, 0.2) is 37.2 Å². The quantitative estimate of drug-likeness (QED) is 0.873. The number of imidazole rings is 1. The van der Waals surface area contributed by atoms with Crippen molar-refractivity contribution in [2.45, 2.75) is 26.2 Å². The Labute approximate surface area is 149 Å². The number of urea groups is 1. The summed E-state index contributed by atoms with van der Waals surface area (Å²) in [6.07, 6.45) is 5.93. The van der Waals surface area contributed by atoms with Crippen LogP contribution in [0.2, 0.25) is 0 Å². The van der Waals surface area contributed by atoms with Gasteiger partial charge in [-0.1, -0.05) is 26.8 Å². The second-order valence-electron chi connectivity index (χ2n) is 7.48. The van der Waals surface area contributed by atoms with Gasteiger partial charge in [0.15, 0.2) is 0 Å². The van der Waals surface area contributed by atoms with Gasteiger partial charge in [-0.05, 0) is 12.1 Å². The molecular formula is C19H27N5O. The summed E-state index contributed by atoms with van der Waals surface area (Å²) in [4.78, 5) is 20.9. The standard InChI is InChI=1S/C19H27N5O/c1-5-8-20-18(25)23-11-9-22(10-12-23)15-6-7-17-21-16(19(2,3)4)14-24(17)13-15/h5-7,13-14H,1,8-12H2,2-4H3,(H,20,25). The maximum absolute atomic E-state index is 12.0. The zero-order valence-corrected chi connectivity index (χ0v) is 15.3. The van der Waals surface area contributed by atoms with E-state index in [0.717, 1.165) is 43.2 Å². The fraction of sp³-hybridized carbons (Fsp3) is 0.474. The highest BCUT2D eigenvalue weighted by Crippen LogP contribution is 2.24. The molecule has 1 saturated heterocycles. The van der Waals surface area contributed by atoms with Gasteiger partial charge in [0.05, 0.1) is 11.4 Å². The van der Waals surface area contributed by atoms with Gasteiger partial charge in [-0.3, -0.25) is 0 Å². The first-order chi connectivity index (χ1) is 11.9. The van der Waals surface area contributed by atoms with Crippen LogP contribution in [-0.2, 0) is 5.41 Å². The average molecular weight is 341 g/mol. The second-order valence-corrected chi connectivity index (χ2v) is 7.48. The Hall–Kier alpha value is -2.50. The molecule has 2 amide bonds. The Morgan fingerprint density at radius 2 is 1.96 bits per heavy atom. The smallest absolute Gasteiger partial charge is 0.317 e. The van der Waals surface area contributed by atoms with E-state index in [2.05, 4.69) is 66.5 Å². The van der Waals surface area contributed by atoms with Crippen molar-refractivity contribution in [2.75, 3.05) is 37.6 Å². The molecule has 25 heavy (non-hydrogen) atoms. The first-order valence-corrected chi connectivity index (χ1v) is 8.76. The van der Waals surface area contributed by atoms with Gasteiger partial charge >= 0.3 is 6.03 Å². The summed E-state index contributed by atoms with van der Waals surface area (Å²) in [6, 6.07) is 4.16. The highest BCUT2D eigenvalue weighted by atomic mass is 16.2. The van der Waals surface area contributed by atoms with E-state index < -0.39 is 0 Å². The Balaban J connectivity index is 1.69. The number of aromatic nitrogens is 2. The van der Waals surface area contributed by atoms with E-state index in [-0.39, 0.29) is 11.4 Å². The Kier molecular flexibility index (Phi) is 4.70. The average Bonchev–Trinajstić information content (AvgIpc) is 3.03. The minimum atomic E-state index is -0.0144. The molecule has 6 nitrogen and oxygen atoms in total. The maximum Gasteiger partial charge on any atom is 0.317 e. The SMILES string of the molecule is C=CCNC(=O)N1CCN(c2ccc3nc(C(C)(C)C)cn3c2)CC1. The third kappa shape index (κ3) is 3.78. The predicted octanol–water partition coefficient (Wildman–Crippen LogP) is 2.65. The number of anilines is 1. The van der Waals surface area contributed by atoms with Crippen LogP contribution < -0.4 is 10.2 Å². The van der Waals surface area contributed by atoms with Crippen LogP contribution >= 0.6 is 0 Å². The van der Waals surface area contributed by atoms with Crippen LogP contribution in [0.4, 0.5) is 10.5 Å². The van der Waals surface area contributed by atoms with E-state index in [9.17, 15) is 4.79 Å². The van der Waals surface area contributed by atoms with Crippen molar-refractivity contribution in [3.8, 4) is 0 Å². The molecule has 0 spiro atoms. The van der Waals surface area contributed by atoms with Gasteiger partial charge in [-0.25, -0.2) is 9.78 Å². The molecule has 134 valence electrons. The summed E-state index contributed by atoms with van der Waals surface area (Å²) < 4.78 is 2.10. The summed E-state index contributed by atoms with van der Waals surface area (Å²) >= 11 is 0. The van der Waals surface area contributed by atoms with Crippen molar-refractivity contribution in [2.24, 2.45) is 0 Å². The van der Waals surface area contributed by atoms with Crippen LogP contribution in [0.5, 0.6) is 0 Å². The molecule has 2 aromatic heterocycles. The molecule has 3 rings (SSSR count). The van der Waals surface area contributed by atoms with Gasteiger partial charge in [-0.15, -0.1) is 6.58 Å². The predicted molar refractivity (Wildman–Crippen MR) is 101 cm³/mol. The highest BCUT2D eigenvalue weighted by molar-refractivity contribution is 5.74. The van der Waals surface area contributed by atoms with Crippen LogP contribution in [0.3, 0.4) is 0 Å². The highest BCUT2D eigenvalue weighted by Gasteiger charge is 2.22. The topological polar surface area (TPSA) is 52.9 Å². The van der Waals surface area contributed by atoms with Gasteiger partial charge < -0.3 is 19.5 Å². The molecule has 1 aliphatic heterocycles. The lowest BCUT2D eigenvalue weighted by Crippen LogP contribution is -2.51. The number of nitrogens with one attached hydrogen (secondary N) is 1. The van der Waals surface area contributed by atoms with E-state index in [1.165, 1.54) is 0 Å². The minimum absolute atomic E-state index is 0.0144. The molecule has 0 aromatic carbocycles. The van der Waals surface area contributed by atoms with Gasteiger partial charge in [0.25, 0.3) is 0 Å². The first kappa shape index (κ1) is 17.3. The van der Waals surface area contributed by atoms with Crippen LogP contribution in [0.1, 0.15) is 26.5 Å². The lowest BCUT2D eigenvalue weighted by molar-refractivity contribution is 0.195. The number of piperazine rings is 1. The van der Waals surface area contributed by atoms with E-state index in [0.29, 0.717) is 6.54 Å². The largest absolute Gasteiger partial charge is 0.367 e. The lowest BCUT2D eigenvalue weighted by atomic mass is 9.93. The summed E-state index contributed by atoms with van der Waals surface area (Å²) in [5.74, 6) is 0. The molecule has 2 aromatic rings. The second kappa shape index (κ2) is 6.78. The number of pyridine rings is 1. The van der Waals surface area contributed by atoms with E-state index in [1.807, 2.05) is 4.90 Å². The monoisotopic (exact) mass is 341 g/mol. The van der Waals surface area contributed by atoms with E-state index in [4.69, 9.17) is 4.98 Å². The molecule has 6 heteroatoms. The van der Waals surface area contributed by atoms with Crippen LogP contribution in [-0.4, -0.2) is 53.0 Å². The molecule has 3 heterocycles. The summed E-state index contributed by atoms with van der Waals surface area (Å²) in [6.45, 7) is 13.7. The molecule has 1 aliphatic rings. The normalized spacial score (nSPS) is 15.5. The van der Waals surface area contributed by atoms with Crippen molar-refractivity contribution in [3.63, 3.8) is 0 Å². The van der Waals surface area contributed by atoms with Crippen molar-refractivity contribution in [1.29, 1.82) is 0 Å². The third-order valence-corrected chi connectivity index (χ3v) is 4.53. The molecule has 1 N–H and O–H groups in total. The van der Waals surface area contributed by atoms with Gasteiger partial charge in [0.1, 0.15) is 5.65 Å². The number of hydrogen-bond donors (Lipinski definition) is 1. The summed E-state index contributed by atoms with van der Waals surface area (Å²) in [7, 11) is 0. The summed E-state index contributed by atoms with van der Waals surface area (Å²) in [5, 5.41) is 2.84. The number of amides is 2. The summed E-state index contributed by atoms with van der Waals surface area (Å²) in [5.41, 5.74) is 3.26. The number of carbonyl (C=O) groups is 1. The van der Waals surface area contributed by atoms with E-state index >= 15 is 0 Å². The zero-order chi connectivity index (χ0) is 18.0. The van der Waals surface area contributed by atoms with Crippen molar-refractivity contribution in [3.05, 3.63) is 42.9 Å². The van der Waals surface area contributed by atoms with Crippen LogP contribution in [0.25, 0.3) is 5.65 Å². The maximum atomic E-state index is 12.0. The Bertz CT molecular complexity index is 766. The van der Waals surface area contributed by atoms with Crippen molar-refractivity contribution in [1.82, 2.24) is 19.6 Å². The minimum Gasteiger partial charge on any atom is -0.367 e. The Morgan fingerprint density at radius 1 is 1.24 bits per heavy atom. The van der Waals surface area contributed by atoms with Gasteiger partial charge in [-0.2, -0.15) is 0 Å². The molecular weight excluding hydrogens is 314 g/mol. The fourth-order valence-corrected chi connectivity index (χ4v) is 2.97. The number of carbonyl (C=O) groups excluding carboxylic acids is 1. The first-order valence-electron chi connectivity index (χ1n) is 8.76. The molecule has 0 unspecified atom stereocenters. The van der Waals surface area contributed by atoms with Crippen molar-refractivity contribution >= 4 is 17.4 Å². The molecule has 1 fully saturated rings. The van der Waals surface area contributed by atoms with Gasteiger partial charge in [0.2, 0.25) is 0 Å². The molecule has 0 atom stereocenters. The number of nitrogens with zero attached hydrogens (tertiary/aromatic N) is 4. The molecule has 0 radical (unpaired) electrons. The molecule has 0 aliphatic carbocycles. The van der Waals surface area contributed by atoms with Crippen molar-refractivity contribution < 1.29 is 4.79 Å². The zero-order valence-electron chi connectivity index (χ0n) is 15.3.